The first-order valence-electron chi connectivity index (χ1n) is 7.35. The van der Waals surface area contributed by atoms with Gasteiger partial charge in [-0.15, -0.1) is 0 Å². The van der Waals surface area contributed by atoms with Crippen molar-refractivity contribution >= 4 is 5.91 Å². The zero-order valence-corrected chi connectivity index (χ0v) is 13.1. The molecule has 7 heteroatoms. The number of carbonyl (C=O) groups is 1. The summed E-state index contributed by atoms with van der Waals surface area (Å²) in [5, 5.41) is 6.46. The molecule has 25 heavy (non-hydrogen) atoms. The Kier molecular flexibility index (Phi) is 4.31. The lowest BCUT2D eigenvalue weighted by Crippen LogP contribution is -2.17. The maximum absolute atomic E-state index is 12.6. The van der Waals surface area contributed by atoms with Crippen molar-refractivity contribution < 1.29 is 22.5 Å². The van der Waals surface area contributed by atoms with Crippen LogP contribution in [0.15, 0.2) is 59.1 Å². The van der Waals surface area contributed by atoms with Crippen LogP contribution < -0.4 is 5.32 Å². The highest BCUT2D eigenvalue weighted by Gasteiger charge is 2.30. The largest absolute Gasteiger partial charge is 0.416 e. The van der Waals surface area contributed by atoms with Gasteiger partial charge in [-0.3, -0.25) is 4.79 Å². The summed E-state index contributed by atoms with van der Waals surface area (Å²) < 4.78 is 43.0. The Morgan fingerprint density at radius 1 is 1.00 bits per heavy atom. The minimum Gasteiger partial charge on any atom is -0.356 e. The fraction of sp³-hybridized carbons (Fsp3) is 0.111. The Morgan fingerprint density at radius 3 is 2.16 bits per heavy atom. The standard InChI is InChI=1S/C18H13F3N2O2/c1-22-17(24)13-4-2-11(3-5-13)15-10-16(25-23-15)12-6-8-14(9-7-12)18(19,20)21/h2-10H,1H3,(H,22,24). The Morgan fingerprint density at radius 2 is 1.60 bits per heavy atom. The van der Waals surface area contributed by atoms with Gasteiger partial charge in [0.15, 0.2) is 5.76 Å². The van der Waals surface area contributed by atoms with Gasteiger partial charge in [0.2, 0.25) is 0 Å². The Hall–Kier alpha value is -3.09. The number of amides is 1. The molecule has 1 amide bonds. The smallest absolute Gasteiger partial charge is 0.356 e. The maximum atomic E-state index is 12.6. The number of halogens is 3. The van der Waals surface area contributed by atoms with Gasteiger partial charge in [-0.2, -0.15) is 13.2 Å². The first-order chi connectivity index (χ1) is 11.9. The minimum absolute atomic E-state index is 0.197. The van der Waals surface area contributed by atoms with E-state index in [0.29, 0.717) is 22.6 Å². The highest BCUT2D eigenvalue weighted by atomic mass is 19.4. The molecule has 0 aliphatic rings. The molecule has 0 aliphatic heterocycles. The molecule has 0 saturated carbocycles. The van der Waals surface area contributed by atoms with Crippen molar-refractivity contribution in [2.75, 3.05) is 7.05 Å². The third-order valence-electron chi connectivity index (χ3n) is 3.68. The van der Waals surface area contributed by atoms with Crippen LogP contribution in [0.3, 0.4) is 0 Å². The van der Waals surface area contributed by atoms with E-state index in [9.17, 15) is 18.0 Å². The molecule has 0 spiro atoms. The molecule has 0 atom stereocenters. The second kappa shape index (κ2) is 6.43. The molecule has 2 aromatic carbocycles. The number of nitrogens with one attached hydrogen (secondary N) is 1. The number of rotatable bonds is 3. The van der Waals surface area contributed by atoms with E-state index in [-0.39, 0.29) is 5.91 Å². The molecule has 3 aromatic rings. The molecule has 1 heterocycles. The van der Waals surface area contributed by atoms with Gasteiger partial charge in [-0.05, 0) is 24.3 Å². The third kappa shape index (κ3) is 3.55. The molecular formula is C18H13F3N2O2. The van der Waals surface area contributed by atoms with Crippen molar-refractivity contribution in [3.05, 3.63) is 65.7 Å². The number of carbonyl (C=O) groups excluding carboxylic acids is 1. The SMILES string of the molecule is CNC(=O)c1ccc(-c2cc(-c3ccc(C(F)(F)F)cc3)on2)cc1. The van der Waals surface area contributed by atoms with E-state index in [1.165, 1.54) is 12.1 Å². The summed E-state index contributed by atoms with van der Waals surface area (Å²) in [6.07, 6.45) is -4.38. The van der Waals surface area contributed by atoms with Crippen molar-refractivity contribution in [3.8, 4) is 22.6 Å². The zero-order chi connectivity index (χ0) is 18.0. The number of nitrogens with zero attached hydrogens (tertiary/aromatic N) is 1. The van der Waals surface area contributed by atoms with Gasteiger partial charge in [-0.1, -0.05) is 29.4 Å². The molecule has 128 valence electrons. The lowest BCUT2D eigenvalue weighted by molar-refractivity contribution is -0.137. The highest BCUT2D eigenvalue weighted by molar-refractivity contribution is 5.94. The van der Waals surface area contributed by atoms with Crippen LogP contribution in [-0.2, 0) is 6.18 Å². The van der Waals surface area contributed by atoms with Gasteiger partial charge >= 0.3 is 6.18 Å². The molecule has 1 aromatic heterocycles. The number of aromatic nitrogens is 1. The van der Waals surface area contributed by atoms with E-state index in [2.05, 4.69) is 10.5 Å². The lowest BCUT2D eigenvalue weighted by atomic mass is 10.1. The van der Waals surface area contributed by atoms with Crippen LogP contribution in [0.25, 0.3) is 22.6 Å². The minimum atomic E-state index is -4.38. The van der Waals surface area contributed by atoms with E-state index >= 15 is 0 Å². The van der Waals surface area contributed by atoms with Crippen LogP contribution in [0.1, 0.15) is 15.9 Å². The van der Waals surface area contributed by atoms with E-state index < -0.39 is 11.7 Å². The van der Waals surface area contributed by atoms with Crippen molar-refractivity contribution in [1.82, 2.24) is 10.5 Å². The van der Waals surface area contributed by atoms with Crippen LogP contribution in [0.2, 0.25) is 0 Å². The zero-order valence-electron chi connectivity index (χ0n) is 13.1. The number of alkyl halides is 3. The number of hydrogen-bond acceptors (Lipinski definition) is 3. The molecule has 0 bridgehead atoms. The second-order valence-electron chi connectivity index (χ2n) is 5.31. The first-order valence-corrected chi connectivity index (χ1v) is 7.35. The van der Waals surface area contributed by atoms with Gasteiger partial charge in [0.05, 0.1) is 5.56 Å². The number of benzene rings is 2. The third-order valence-corrected chi connectivity index (χ3v) is 3.68. The van der Waals surface area contributed by atoms with Crippen LogP contribution in [-0.4, -0.2) is 18.1 Å². The fourth-order valence-corrected chi connectivity index (χ4v) is 2.31. The molecule has 3 rings (SSSR count). The fourth-order valence-electron chi connectivity index (χ4n) is 2.31. The molecule has 0 aliphatic carbocycles. The van der Waals surface area contributed by atoms with Gasteiger partial charge in [0, 0.05) is 29.8 Å². The summed E-state index contributed by atoms with van der Waals surface area (Å²) in [5.74, 6) is 0.163. The number of hydrogen-bond donors (Lipinski definition) is 1. The van der Waals surface area contributed by atoms with E-state index in [1.54, 1.807) is 37.4 Å². The van der Waals surface area contributed by atoms with E-state index in [4.69, 9.17) is 4.52 Å². The molecule has 4 nitrogen and oxygen atoms in total. The topological polar surface area (TPSA) is 55.1 Å². The monoisotopic (exact) mass is 346 g/mol. The molecule has 0 radical (unpaired) electrons. The predicted molar refractivity (Wildman–Crippen MR) is 85.8 cm³/mol. The van der Waals surface area contributed by atoms with Gasteiger partial charge in [0.25, 0.3) is 5.91 Å². The average molecular weight is 346 g/mol. The van der Waals surface area contributed by atoms with Gasteiger partial charge < -0.3 is 9.84 Å². The summed E-state index contributed by atoms with van der Waals surface area (Å²) in [6, 6.07) is 13.0. The maximum Gasteiger partial charge on any atom is 0.416 e. The summed E-state index contributed by atoms with van der Waals surface area (Å²) in [7, 11) is 1.55. The van der Waals surface area contributed by atoms with Crippen LogP contribution in [0, 0.1) is 0 Å². The molecule has 0 fully saturated rings. The van der Waals surface area contributed by atoms with Crippen molar-refractivity contribution in [1.29, 1.82) is 0 Å². The Balaban J connectivity index is 1.84. The predicted octanol–water partition coefficient (Wildman–Crippen LogP) is 4.39. The van der Waals surface area contributed by atoms with Crippen LogP contribution in [0.4, 0.5) is 13.2 Å². The van der Waals surface area contributed by atoms with Gasteiger partial charge in [-0.25, -0.2) is 0 Å². The molecular weight excluding hydrogens is 333 g/mol. The molecule has 0 unspecified atom stereocenters. The van der Waals surface area contributed by atoms with Crippen LogP contribution in [0.5, 0.6) is 0 Å². The van der Waals surface area contributed by atoms with E-state index in [0.717, 1.165) is 17.7 Å². The first kappa shape index (κ1) is 16.8. The van der Waals surface area contributed by atoms with E-state index in [1.807, 2.05) is 0 Å². The summed E-state index contributed by atoms with van der Waals surface area (Å²) in [4.78, 5) is 11.5. The van der Waals surface area contributed by atoms with Crippen LogP contribution >= 0.6 is 0 Å². The highest BCUT2D eigenvalue weighted by Crippen LogP contribution is 2.32. The van der Waals surface area contributed by atoms with Crippen molar-refractivity contribution in [2.45, 2.75) is 6.18 Å². The second-order valence-corrected chi connectivity index (χ2v) is 5.31. The quantitative estimate of drug-likeness (QED) is 0.765. The van der Waals surface area contributed by atoms with Crippen molar-refractivity contribution in [2.24, 2.45) is 0 Å². The molecule has 1 N–H and O–H groups in total. The van der Waals surface area contributed by atoms with Gasteiger partial charge in [0.1, 0.15) is 5.69 Å². The summed E-state index contributed by atoms with van der Waals surface area (Å²) in [5.41, 5.74) is 1.54. The van der Waals surface area contributed by atoms with Crippen molar-refractivity contribution in [3.63, 3.8) is 0 Å². The average Bonchev–Trinajstić information content (AvgIpc) is 3.10. The molecule has 0 saturated heterocycles. The summed E-state index contributed by atoms with van der Waals surface area (Å²) in [6.45, 7) is 0. The lowest BCUT2D eigenvalue weighted by Gasteiger charge is -2.06. The Labute approximate surface area is 141 Å². The normalized spacial score (nSPS) is 11.4. The summed E-state index contributed by atoms with van der Waals surface area (Å²) >= 11 is 0. The Bertz CT molecular complexity index is 882.